The van der Waals surface area contributed by atoms with E-state index in [4.69, 9.17) is 10.5 Å². The highest BCUT2D eigenvalue weighted by Crippen LogP contribution is 2.29. The lowest BCUT2D eigenvalue weighted by atomic mass is 10.0. The number of hydrogen-bond acceptors (Lipinski definition) is 4. The molecule has 1 fully saturated rings. The van der Waals surface area contributed by atoms with Gasteiger partial charge in [0, 0.05) is 42.0 Å². The molecule has 1 aliphatic rings. The number of urea groups is 1. The maximum absolute atomic E-state index is 12.6. The average Bonchev–Trinajstić information content (AvgIpc) is 3.17. The largest absolute Gasteiger partial charge is 0.378 e. The van der Waals surface area contributed by atoms with E-state index >= 15 is 0 Å². The van der Waals surface area contributed by atoms with Crippen LogP contribution in [0.5, 0.6) is 0 Å². The van der Waals surface area contributed by atoms with E-state index in [1.807, 2.05) is 30.3 Å². The Morgan fingerprint density at radius 2 is 1.93 bits per heavy atom. The molecule has 0 unspecified atom stereocenters. The molecular formula is C21H21N5O3. The first-order valence-corrected chi connectivity index (χ1v) is 9.30. The number of carbonyl (C=O) groups is 2. The lowest BCUT2D eigenvalue weighted by Gasteiger charge is -2.27. The van der Waals surface area contributed by atoms with Gasteiger partial charge < -0.3 is 25.7 Å². The second-order valence-corrected chi connectivity index (χ2v) is 6.64. The second-order valence-electron chi connectivity index (χ2n) is 6.64. The van der Waals surface area contributed by atoms with Crippen molar-refractivity contribution < 1.29 is 14.3 Å². The highest BCUT2D eigenvalue weighted by Gasteiger charge is 2.19. The number of rotatable bonds is 4. The Labute approximate surface area is 167 Å². The number of nitrogens with two attached hydrogens (primary N) is 1. The highest BCUT2D eigenvalue weighted by molar-refractivity contribution is 6.24. The summed E-state index contributed by atoms with van der Waals surface area (Å²) in [7, 11) is 0. The summed E-state index contributed by atoms with van der Waals surface area (Å²) in [4.78, 5) is 33.8. The standard InChI is InChI=1S/C21H21N5O3/c22-19(27)16(14-4-2-1-3-5-14)12-15-13-24-20-18(15)17(6-7-23-20)25-21(28)26-8-10-29-11-9-26/h1-7,12-13H,8-11H2,(H2,22,27)(H2,23,24,25,28). The smallest absolute Gasteiger partial charge is 0.322 e. The van der Waals surface area contributed by atoms with Gasteiger partial charge in [-0.1, -0.05) is 30.3 Å². The molecule has 0 saturated carbocycles. The normalized spacial score (nSPS) is 14.8. The number of aromatic nitrogens is 2. The molecule has 0 atom stereocenters. The number of anilines is 1. The number of H-pyrrole nitrogens is 1. The summed E-state index contributed by atoms with van der Waals surface area (Å²) in [6.07, 6.45) is 5.07. The molecule has 148 valence electrons. The van der Waals surface area contributed by atoms with E-state index in [9.17, 15) is 9.59 Å². The zero-order valence-electron chi connectivity index (χ0n) is 15.7. The van der Waals surface area contributed by atoms with Gasteiger partial charge in [-0.3, -0.25) is 4.79 Å². The molecule has 29 heavy (non-hydrogen) atoms. The molecule has 0 bridgehead atoms. The highest BCUT2D eigenvalue weighted by atomic mass is 16.5. The van der Waals surface area contributed by atoms with Crippen molar-refractivity contribution in [3.63, 3.8) is 0 Å². The minimum Gasteiger partial charge on any atom is -0.378 e. The van der Waals surface area contributed by atoms with Crippen molar-refractivity contribution >= 4 is 40.3 Å². The molecule has 4 N–H and O–H groups in total. The fourth-order valence-electron chi connectivity index (χ4n) is 3.33. The number of carbonyl (C=O) groups excluding carboxylic acids is 2. The number of benzene rings is 1. The van der Waals surface area contributed by atoms with E-state index in [0.29, 0.717) is 54.2 Å². The third-order valence-electron chi connectivity index (χ3n) is 4.79. The summed E-state index contributed by atoms with van der Waals surface area (Å²) < 4.78 is 5.30. The maximum atomic E-state index is 12.6. The molecular weight excluding hydrogens is 370 g/mol. The molecule has 0 spiro atoms. The zero-order valence-corrected chi connectivity index (χ0v) is 15.7. The van der Waals surface area contributed by atoms with Crippen molar-refractivity contribution in [3.05, 3.63) is 59.9 Å². The summed E-state index contributed by atoms with van der Waals surface area (Å²) >= 11 is 0. The predicted octanol–water partition coefficient (Wildman–Crippen LogP) is 2.45. The van der Waals surface area contributed by atoms with Gasteiger partial charge in [0.25, 0.3) is 0 Å². The van der Waals surface area contributed by atoms with Gasteiger partial charge in [-0.25, -0.2) is 9.78 Å². The average molecular weight is 391 g/mol. The van der Waals surface area contributed by atoms with Gasteiger partial charge in [-0.15, -0.1) is 0 Å². The summed E-state index contributed by atoms with van der Waals surface area (Å²) in [6, 6.07) is 10.7. The van der Waals surface area contributed by atoms with E-state index in [1.54, 1.807) is 29.4 Å². The van der Waals surface area contributed by atoms with Gasteiger partial charge in [0.2, 0.25) is 5.91 Å². The van der Waals surface area contributed by atoms with Crippen molar-refractivity contribution in [1.82, 2.24) is 14.9 Å². The van der Waals surface area contributed by atoms with Crippen LogP contribution in [0.3, 0.4) is 0 Å². The maximum Gasteiger partial charge on any atom is 0.322 e. The minimum absolute atomic E-state index is 0.199. The van der Waals surface area contributed by atoms with Crippen LogP contribution in [0.15, 0.2) is 48.8 Å². The number of pyridine rings is 1. The molecule has 4 rings (SSSR count). The van der Waals surface area contributed by atoms with Crippen LogP contribution in [0.2, 0.25) is 0 Å². The number of nitrogens with one attached hydrogen (secondary N) is 2. The van der Waals surface area contributed by atoms with Crippen molar-refractivity contribution in [2.24, 2.45) is 5.73 Å². The zero-order chi connectivity index (χ0) is 20.2. The molecule has 8 nitrogen and oxygen atoms in total. The lowest BCUT2D eigenvalue weighted by molar-refractivity contribution is -0.112. The van der Waals surface area contributed by atoms with E-state index in [1.165, 1.54) is 0 Å². The molecule has 1 aliphatic heterocycles. The van der Waals surface area contributed by atoms with Gasteiger partial charge >= 0.3 is 6.03 Å². The van der Waals surface area contributed by atoms with E-state index in [0.717, 1.165) is 5.56 Å². The SMILES string of the molecule is NC(=O)C(=Cc1c[nH]c2nccc(NC(=O)N3CCOCC3)c12)c1ccccc1. The molecule has 8 heteroatoms. The summed E-state index contributed by atoms with van der Waals surface area (Å²) in [5.41, 5.74) is 8.64. The van der Waals surface area contributed by atoms with Crippen molar-refractivity contribution in [1.29, 1.82) is 0 Å². The van der Waals surface area contributed by atoms with Crippen LogP contribution in [0.1, 0.15) is 11.1 Å². The van der Waals surface area contributed by atoms with E-state index < -0.39 is 5.91 Å². The first-order valence-electron chi connectivity index (χ1n) is 9.30. The number of amides is 3. The molecule has 3 amide bonds. The number of ether oxygens (including phenoxy) is 1. The fraction of sp³-hybridized carbons (Fsp3) is 0.190. The van der Waals surface area contributed by atoms with Crippen molar-refractivity contribution in [2.45, 2.75) is 0 Å². The van der Waals surface area contributed by atoms with Gasteiger partial charge in [-0.05, 0) is 17.7 Å². The van der Waals surface area contributed by atoms with Crippen LogP contribution in [0, 0.1) is 0 Å². The van der Waals surface area contributed by atoms with Gasteiger partial charge in [0.05, 0.1) is 18.9 Å². The number of hydrogen-bond donors (Lipinski definition) is 3. The topological polar surface area (TPSA) is 113 Å². The third kappa shape index (κ3) is 3.97. The van der Waals surface area contributed by atoms with E-state index in [2.05, 4.69) is 15.3 Å². The molecule has 3 aromatic rings. The van der Waals surface area contributed by atoms with Gasteiger partial charge in [0.1, 0.15) is 5.65 Å². The summed E-state index contributed by atoms with van der Waals surface area (Å²) in [6.45, 7) is 2.13. The first-order chi connectivity index (χ1) is 14.1. The number of nitrogens with zero attached hydrogens (tertiary/aromatic N) is 2. The quantitative estimate of drug-likeness (QED) is 0.593. The first kappa shape index (κ1) is 18.7. The van der Waals surface area contributed by atoms with Crippen LogP contribution in [0.4, 0.5) is 10.5 Å². The van der Waals surface area contributed by atoms with Crippen LogP contribution >= 0.6 is 0 Å². The number of primary amides is 1. The fourth-order valence-corrected chi connectivity index (χ4v) is 3.33. The van der Waals surface area contributed by atoms with Crippen LogP contribution in [-0.4, -0.2) is 53.1 Å². The number of morpholine rings is 1. The van der Waals surface area contributed by atoms with Crippen molar-refractivity contribution in [3.8, 4) is 0 Å². The Kier molecular flexibility index (Phi) is 5.26. The monoisotopic (exact) mass is 391 g/mol. The van der Waals surface area contributed by atoms with Crippen LogP contribution < -0.4 is 11.1 Å². The predicted molar refractivity (Wildman–Crippen MR) is 111 cm³/mol. The Bertz CT molecular complexity index is 1070. The van der Waals surface area contributed by atoms with Gasteiger partial charge in [0.15, 0.2) is 0 Å². The number of fused-ring (bicyclic) bond motifs is 1. The second kappa shape index (κ2) is 8.15. The van der Waals surface area contributed by atoms with Crippen LogP contribution in [0.25, 0.3) is 22.7 Å². The molecule has 3 heterocycles. The molecule has 1 aromatic carbocycles. The van der Waals surface area contributed by atoms with Crippen molar-refractivity contribution in [2.75, 3.05) is 31.6 Å². The minimum atomic E-state index is -0.534. The Balaban J connectivity index is 1.72. The Morgan fingerprint density at radius 1 is 1.17 bits per heavy atom. The van der Waals surface area contributed by atoms with E-state index in [-0.39, 0.29) is 6.03 Å². The lowest BCUT2D eigenvalue weighted by Crippen LogP contribution is -2.43. The molecule has 1 saturated heterocycles. The summed E-state index contributed by atoms with van der Waals surface area (Å²) in [5.74, 6) is -0.534. The molecule has 2 aromatic heterocycles. The van der Waals surface area contributed by atoms with Crippen LogP contribution in [-0.2, 0) is 9.53 Å². The van der Waals surface area contributed by atoms with Gasteiger partial charge in [-0.2, -0.15) is 0 Å². The molecule has 0 aliphatic carbocycles. The number of aromatic amines is 1. The Morgan fingerprint density at radius 3 is 2.66 bits per heavy atom. The molecule has 0 radical (unpaired) electrons. The Hall–Kier alpha value is -3.65. The third-order valence-corrected chi connectivity index (χ3v) is 4.79. The summed E-state index contributed by atoms with van der Waals surface area (Å²) in [5, 5.41) is 3.66.